The molecule has 2 aliphatic heterocycles. The minimum absolute atomic E-state index is 0.304. The van der Waals surface area contributed by atoms with E-state index >= 15 is 0 Å². The molecule has 27 heavy (non-hydrogen) atoms. The topological polar surface area (TPSA) is 83.1 Å². The third kappa shape index (κ3) is 5.64. The Balaban J connectivity index is 1.54. The molecule has 0 saturated carbocycles. The third-order valence-electron chi connectivity index (χ3n) is 5.00. The minimum Gasteiger partial charge on any atom is -0.426 e. The number of carbonyl (C=O) groups is 2. The molecule has 7 nitrogen and oxygen atoms in total. The largest absolute Gasteiger partial charge is 0.426 e. The number of esters is 2. The van der Waals surface area contributed by atoms with Gasteiger partial charge in [0.15, 0.2) is 0 Å². The fraction of sp³-hybridized carbons (Fsp3) is 0.700. The molecular formula is C20H31NO6. The van der Waals surface area contributed by atoms with Crippen LogP contribution in [0.4, 0.5) is 0 Å². The van der Waals surface area contributed by atoms with Crippen molar-refractivity contribution in [2.75, 3.05) is 27.3 Å². The normalized spacial score (nSPS) is 27.4. The van der Waals surface area contributed by atoms with Gasteiger partial charge >= 0.3 is 11.9 Å². The Hall–Kier alpha value is -1.70. The summed E-state index contributed by atoms with van der Waals surface area (Å²) in [7, 11) is 3.12. The highest BCUT2D eigenvalue weighted by atomic mass is 16.7. The fourth-order valence-electron chi connectivity index (χ4n) is 3.33. The van der Waals surface area contributed by atoms with E-state index in [-0.39, 0.29) is 11.9 Å². The van der Waals surface area contributed by atoms with Gasteiger partial charge in [-0.25, -0.2) is 9.59 Å². The van der Waals surface area contributed by atoms with Crippen LogP contribution in [0.2, 0.25) is 0 Å². The van der Waals surface area contributed by atoms with E-state index in [1.54, 1.807) is 40.2 Å². The van der Waals surface area contributed by atoms with Crippen LogP contribution in [0.1, 0.15) is 52.4 Å². The molecule has 0 saturated heterocycles. The zero-order valence-corrected chi connectivity index (χ0v) is 16.8. The standard InChI is InChI=1S/C20H31NO6/c1-15-13-19(24-3,26-17(15)22)9-5-7-11-21-12-8-6-10-20(25-4)14-16(2)18(23)27-20/h13-14,21H,5-12H2,1-4H3. The van der Waals surface area contributed by atoms with Crippen molar-refractivity contribution < 1.29 is 28.5 Å². The summed E-state index contributed by atoms with van der Waals surface area (Å²) in [5.74, 6) is -2.39. The molecule has 0 aromatic carbocycles. The van der Waals surface area contributed by atoms with Crippen LogP contribution in [0.5, 0.6) is 0 Å². The van der Waals surface area contributed by atoms with Crippen LogP contribution in [0.25, 0.3) is 0 Å². The number of ether oxygens (including phenoxy) is 4. The van der Waals surface area contributed by atoms with Crippen molar-refractivity contribution in [1.82, 2.24) is 5.32 Å². The van der Waals surface area contributed by atoms with Gasteiger partial charge in [-0.15, -0.1) is 0 Å². The Kier molecular flexibility index (Phi) is 7.59. The first-order valence-corrected chi connectivity index (χ1v) is 9.52. The lowest BCUT2D eigenvalue weighted by molar-refractivity contribution is -0.192. The molecule has 0 radical (unpaired) electrons. The molecule has 0 aliphatic carbocycles. The second-order valence-electron chi connectivity index (χ2n) is 7.13. The maximum Gasteiger partial charge on any atom is 0.336 e. The summed E-state index contributed by atoms with van der Waals surface area (Å²) in [4.78, 5) is 23.1. The number of rotatable bonds is 12. The first kappa shape index (κ1) is 21.6. The Morgan fingerprint density at radius 3 is 1.52 bits per heavy atom. The molecule has 2 aliphatic rings. The average molecular weight is 381 g/mol. The second-order valence-corrected chi connectivity index (χ2v) is 7.13. The highest BCUT2D eigenvalue weighted by Crippen LogP contribution is 2.31. The van der Waals surface area contributed by atoms with Crippen molar-refractivity contribution in [3.8, 4) is 0 Å². The molecule has 0 fully saturated rings. The van der Waals surface area contributed by atoms with E-state index in [9.17, 15) is 9.59 Å². The summed E-state index contributed by atoms with van der Waals surface area (Å²) in [6.07, 6.45) is 8.56. The summed E-state index contributed by atoms with van der Waals surface area (Å²) in [5.41, 5.74) is 1.20. The van der Waals surface area contributed by atoms with E-state index in [1.165, 1.54) is 0 Å². The smallest absolute Gasteiger partial charge is 0.336 e. The summed E-state index contributed by atoms with van der Waals surface area (Å²) < 4.78 is 21.4. The Morgan fingerprint density at radius 2 is 1.22 bits per heavy atom. The first-order chi connectivity index (χ1) is 12.9. The van der Waals surface area contributed by atoms with Crippen LogP contribution in [0.3, 0.4) is 0 Å². The van der Waals surface area contributed by atoms with E-state index in [0.717, 1.165) is 38.8 Å². The summed E-state index contributed by atoms with van der Waals surface area (Å²) in [6.45, 7) is 5.25. The van der Waals surface area contributed by atoms with E-state index in [2.05, 4.69) is 5.32 Å². The minimum atomic E-state index is -0.889. The van der Waals surface area contributed by atoms with Gasteiger partial charge in [0, 0.05) is 38.2 Å². The van der Waals surface area contributed by atoms with Crippen molar-refractivity contribution >= 4 is 11.9 Å². The maximum absolute atomic E-state index is 11.5. The van der Waals surface area contributed by atoms with E-state index in [4.69, 9.17) is 18.9 Å². The molecule has 7 heteroatoms. The number of unbranched alkanes of at least 4 members (excludes halogenated alkanes) is 2. The SMILES string of the molecule is COC1(CCCCNCCCCC2(OC)C=C(C)C(=O)O2)C=C(C)C(=O)O1. The van der Waals surface area contributed by atoms with Crippen LogP contribution in [-0.4, -0.2) is 50.8 Å². The van der Waals surface area contributed by atoms with E-state index < -0.39 is 11.6 Å². The molecule has 2 unspecified atom stereocenters. The number of carbonyl (C=O) groups excluding carboxylic acids is 2. The van der Waals surface area contributed by atoms with Gasteiger partial charge in [0.05, 0.1) is 0 Å². The molecule has 0 aromatic heterocycles. The van der Waals surface area contributed by atoms with Crippen molar-refractivity contribution in [2.24, 2.45) is 0 Å². The number of hydrogen-bond donors (Lipinski definition) is 1. The van der Waals surface area contributed by atoms with Crippen LogP contribution in [0.15, 0.2) is 23.3 Å². The van der Waals surface area contributed by atoms with Gasteiger partial charge in [-0.1, -0.05) is 0 Å². The van der Waals surface area contributed by atoms with E-state index in [1.807, 2.05) is 0 Å². The number of cyclic esters (lactones) is 2. The van der Waals surface area contributed by atoms with Gasteiger partial charge in [0.25, 0.3) is 0 Å². The molecule has 0 bridgehead atoms. The molecule has 2 atom stereocenters. The van der Waals surface area contributed by atoms with E-state index in [0.29, 0.717) is 24.0 Å². The molecule has 0 spiro atoms. The fourth-order valence-corrected chi connectivity index (χ4v) is 3.33. The average Bonchev–Trinajstić information content (AvgIpc) is 3.10. The quantitative estimate of drug-likeness (QED) is 0.411. The van der Waals surface area contributed by atoms with Crippen LogP contribution >= 0.6 is 0 Å². The predicted octanol–water partition coefficient (Wildman–Crippen LogP) is 2.61. The summed E-state index contributed by atoms with van der Waals surface area (Å²) in [6, 6.07) is 0. The molecule has 152 valence electrons. The summed E-state index contributed by atoms with van der Waals surface area (Å²) in [5, 5.41) is 3.40. The van der Waals surface area contributed by atoms with Gasteiger partial charge < -0.3 is 24.3 Å². The van der Waals surface area contributed by atoms with Crippen molar-refractivity contribution in [2.45, 2.75) is 63.9 Å². The van der Waals surface area contributed by atoms with Crippen LogP contribution < -0.4 is 5.32 Å². The first-order valence-electron chi connectivity index (χ1n) is 9.52. The van der Waals surface area contributed by atoms with Gasteiger partial charge in [0.2, 0.25) is 11.6 Å². The highest BCUT2D eigenvalue weighted by molar-refractivity contribution is 5.91. The Bertz CT molecular complexity index is 562. The molecule has 1 N–H and O–H groups in total. The van der Waals surface area contributed by atoms with Gasteiger partial charge in [-0.2, -0.15) is 0 Å². The van der Waals surface area contributed by atoms with Gasteiger partial charge in [0.1, 0.15) is 0 Å². The van der Waals surface area contributed by atoms with Crippen LogP contribution in [-0.2, 0) is 28.5 Å². The maximum atomic E-state index is 11.5. The Morgan fingerprint density at radius 1 is 0.815 bits per heavy atom. The lowest BCUT2D eigenvalue weighted by Gasteiger charge is -2.24. The highest BCUT2D eigenvalue weighted by Gasteiger charge is 2.39. The predicted molar refractivity (Wildman–Crippen MR) is 99.7 cm³/mol. The summed E-state index contributed by atoms with van der Waals surface area (Å²) >= 11 is 0. The lowest BCUT2D eigenvalue weighted by atomic mass is 10.1. The van der Waals surface area contributed by atoms with Crippen molar-refractivity contribution in [3.63, 3.8) is 0 Å². The monoisotopic (exact) mass is 381 g/mol. The number of methoxy groups -OCH3 is 2. The molecule has 0 amide bonds. The zero-order valence-electron chi connectivity index (χ0n) is 16.8. The van der Waals surface area contributed by atoms with Crippen LogP contribution in [0, 0.1) is 0 Å². The van der Waals surface area contributed by atoms with Gasteiger partial charge in [-0.3, -0.25) is 0 Å². The van der Waals surface area contributed by atoms with Crippen molar-refractivity contribution in [1.29, 1.82) is 0 Å². The van der Waals surface area contributed by atoms with Gasteiger partial charge in [-0.05, 0) is 64.8 Å². The Labute approximate surface area is 161 Å². The number of nitrogens with one attached hydrogen (secondary N) is 1. The molecule has 2 rings (SSSR count). The molecule has 0 aromatic rings. The third-order valence-corrected chi connectivity index (χ3v) is 5.00. The van der Waals surface area contributed by atoms with Crippen molar-refractivity contribution in [3.05, 3.63) is 23.3 Å². The zero-order chi connectivity index (χ0) is 19.9. The molecular weight excluding hydrogens is 350 g/mol. The lowest BCUT2D eigenvalue weighted by Crippen LogP contribution is -2.31. The second kappa shape index (κ2) is 9.48. The number of hydrogen-bond acceptors (Lipinski definition) is 7. The molecule has 2 heterocycles.